The van der Waals surface area contributed by atoms with E-state index in [1.54, 1.807) is 23.1 Å². The van der Waals surface area contributed by atoms with Gasteiger partial charge in [-0.2, -0.15) is 0 Å². The zero-order valence-electron chi connectivity index (χ0n) is 10.2. The highest BCUT2D eigenvalue weighted by molar-refractivity contribution is 7.98. The molecule has 0 fully saturated rings. The van der Waals surface area contributed by atoms with Gasteiger partial charge in [-0.3, -0.25) is 0 Å². The van der Waals surface area contributed by atoms with Crippen molar-refractivity contribution in [2.24, 2.45) is 0 Å². The van der Waals surface area contributed by atoms with E-state index >= 15 is 0 Å². The lowest BCUT2D eigenvalue weighted by Gasteiger charge is -2.02. The molecule has 1 nitrogen and oxygen atoms in total. The highest BCUT2D eigenvalue weighted by Gasteiger charge is 2.05. The lowest BCUT2D eigenvalue weighted by atomic mass is 10.2. The maximum absolute atomic E-state index is 8.73. The standard InChI is InChI=1S/C15H13ClOS2/c16-13-6-1-2-7-14(13)19-11-15-12(8-10-18-15)5-3-4-9-17/h1-2,6-8,10,17H,4,9,11H2. The first-order valence-corrected chi connectivity index (χ1v) is 8.09. The zero-order chi connectivity index (χ0) is 13.5. The Morgan fingerprint density at radius 2 is 2.11 bits per heavy atom. The zero-order valence-corrected chi connectivity index (χ0v) is 12.6. The molecule has 0 saturated heterocycles. The summed E-state index contributed by atoms with van der Waals surface area (Å²) in [7, 11) is 0. The molecule has 0 spiro atoms. The monoisotopic (exact) mass is 308 g/mol. The van der Waals surface area contributed by atoms with Crippen LogP contribution in [0.15, 0.2) is 40.6 Å². The minimum absolute atomic E-state index is 0.112. The SMILES string of the molecule is OCCC#Cc1ccsc1CSc1ccccc1Cl. The molecule has 2 aromatic rings. The smallest absolute Gasteiger partial charge is 0.0541 e. The number of hydrogen-bond acceptors (Lipinski definition) is 3. The average molecular weight is 309 g/mol. The molecule has 1 aromatic carbocycles. The Hall–Kier alpha value is -0.920. The first-order valence-electron chi connectivity index (χ1n) is 5.84. The number of aliphatic hydroxyl groups excluding tert-OH is 1. The molecular formula is C15H13ClOS2. The van der Waals surface area contributed by atoms with Gasteiger partial charge in [0.25, 0.3) is 0 Å². The van der Waals surface area contributed by atoms with Gasteiger partial charge in [0.15, 0.2) is 0 Å². The first-order chi connectivity index (χ1) is 9.31. The summed E-state index contributed by atoms with van der Waals surface area (Å²) in [6.07, 6.45) is 0.521. The van der Waals surface area contributed by atoms with Crippen molar-refractivity contribution in [1.82, 2.24) is 0 Å². The molecule has 0 radical (unpaired) electrons. The van der Waals surface area contributed by atoms with Crippen LogP contribution in [0, 0.1) is 11.8 Å². The molecule has 0 aliphatic carbocycles. The van der Waals surface area contributed by atoms with E-state index in [9.17, 15) is 0 Å². The van der Waals surface area contributed by atoms with Crippen LogP contribution in [0.5, 0.6) is 0 Å². The van der Waals surface area contributed by atoms with Gasteiger partial charge in [-0.1, -0.05) is 35.6 Å². The lowest BCUT2D eigenvalue weighted by Crippen LogP contribution is -1.82. The Labute approximate surface area is 126 Å². The van der Waals surface area contributed by atoms with E-state index in [1.807, 2.05) is 35.7 Å². The second-order valence-electron chi connectivity index (χ2n) is 3.75. The summed E-state index contributed by atoms with van der Waals surface area (Å²) < 4.78 is 0. The van der Waals surface area contributed by atoms with Gasteiger partial charge in [-0.25, -0.2) is 0 Å². The van der Waals surface area contributed by atoms with Crippen LogP contribution in [0.1, 0.15) is 16.9 Å². The summed E-state index contributed by atoms with van der Waals surface area (Å²) in [4.78, 5) is 2.34. The van der Waals surface area contributed by atoms with Crippen LogP contribution in [-0.4, -0.2) is 11.7 Å². The summed E-state index contributed by atoms with van der Waals surface area (Å²) in [5.41, 5.74) is 1.05. The fourth-order valence-electron chi connectivity index (χ4n) is 1.48. The number of rotatable bonds is 4. The molecule has 0 aliphatic rings. The first kappa shape index (κ1) is 14.5. The maximum Gasteiger partial charge on any atom is 0.0541 e. The van der Waals surface area contributed by atoms with Crippen molar-refractivity contribution >= 4 is 34.7 Å². The Balaban J connectivity index is 2.03. The van der Waals surface area contributed by atoms with Crippen LogP contribution < -0.4 is 0 Å². The lowest BCUT2D eigenvalue weighted by molar-refractivity contribution is 0.305. The predicted octanol–water partition coefficient (Wildman–Crippen LogP) is 4.43. The van der Waals surface area contributed by atoms with Crippen molar-refractivity contribution in [3.8, 4) is 11.8 Å². The third kappa shape index (κ3) is 4.29. The molecule has 1 aromatic heterocycles. The minimum atomic E-state index is 0.112. The van der Waals surface area contributed by atoms with Crippen LogP contribution in [-0.2, 0) is 5.75 Å². The second-order valence-corrected chi connectivity index (χ2v) is 6.18. The van der Waals surface area contributed by atoms with Gasteiger partial charge >= 0.3 is 0 Å². The molecule has 0 amide bonds. The number of thioether (sulfide) groups is 1. The summed E-state index contributed by atoms with van der Waals surface area (Å²) in [6.45, 7) is 0.112. The largest absolute Gasteiger partial charge is 0.395 e. The minimum Gasteiger partial charge on any atom is -0.395 e. The van der Waals surface area contributed by atoms with E-state index < -0.39 is 0 Å². The molecular weight excluding hydrogens is 296 g/mol. The third-order valence-corrected chi connectivity index (χ3v) is 5.05. The van der Waals surface area contributed by atoms with Gasteiger partial charge < -0.3 is 5.11 Å². The second kappa shape index (κ2) is 7.62. The van der Waals surface area contributed by atoms with Gasteiger partial charge in [0.2, 0.25) is 0 Å². The fourth-order valence-corrected chi connectivity index (χ4v) is 3.67. The third-order valence-electron chi connectivity index (χ3n) is 2.40. The summed E-state index contributed by atoms with van der Waals surface area (Å²) in [5, 5.41) is 11.6. The van der Waals surface area contributed by atoms with Crippen molar-refractivity contribution in [3.63, 3.8) is 0 Å². The van der Waals surface area contributed by atoms with Crippen LogP contribution in [0.25, 0.3) is 0 Å². The number of thiophene rings is 1. The Morgan fingerprint density at radius 1 is 1.26 bits per heavy atom. The molecule has 4 heteroatoms. The molecule has 0 saturated carbocycles. The van der Waals surface area contributed by atoms with Crippen molar-refractivity contribution < 1.29 is 5.11 Å². The molecule has 2 rings (SSSR count). The van der Waals surface area contributed by atoms with Crippen molar-refractivity contribution in [3.05, 3.63) is 51.2 Å². The molecule has 98 valence electrons. The predicted molar refractivity (Wildman–Crippen MR) is 83.9 cm³/mol. The van der Waals surface area contributed by atoms with Crippen LogP contribution >= 0.6 is 34.7 Å². The Kier molecular flexibility index (Phi) is 5.81. The van der Waals surface area contributed by atoms with Gasteiger partial charge in [0.1, 0.15) is 0 Å². The molecule has 0 unspecified atom stereocenters. The fraction of sp³-hybridized carbons (Fsp3) is 0.200. The van der Waals surface area contributed by atoms with Crippen molar-refractivity contribution in [2.45, 2.75) is 17.1 Å². The van der Waals surface area contributed by atoms with E-state index in [-0.39, 0.29) is 6.61 Å². The number of benzene rings is 1. The van der Waals surface area contributed by atoms with E-state index in [4.69, 9.17) is 16.7 Å². The molecule has 0 atom stereocenters. The highest BCUT2D eigenvalue weighted by Crippen LogP contribution is 2.31. The van der Waals surface area contributed by atoms with Gasteiger partial charge in [0.05, 0.1) is 11.6 Å². The van der Waals surface area contributed by atoms with Crippen molar-refractivity contribution in [1.29, 1.82) is 0 Å². The molecule has 19 heavy (non-hydrogen) atoms. The molecule has 1 N–H and O–H groups in total. The van der Waals surface area contributed by atoms with Crippen molar-refractivity contribution in [2.75, 3.05) is 6.61 Å². The molecule has 0 aliphatic heterocycles. The number of hydrogen-bond donors (Lipinski definition) is 1. The topological polar surface area (TPSA) is 20.2 Å². The normalized spacial score (nSPS) is 10.0. The van der Waals surface area contributed by atoms with E-state index in [0.717, 1.165) is 21.2 Å². The molecule has 0 bridgehead atoms. The van der Waals surface area contributed by atoms with Gasteiger partial charge in [0, 0.05) is 27.5 Å². The Bertz CT molecular complexity index is 595. The quantitative estimate of drug-likeness (QED) is 0.666. The average Bonchev–Trinajstić information content (AvgIpc) is 2.86. The molecule has 1 heterocycles. The number of halogens is 1. The highest BCUT2D eigenvalue weighted by atomic mass is 35.5. The Morgan fingerprint density at radius 3 is 2.89 bits per heavy atom. The van der Waals surface area contributed by atoms with Crippen LogP contribution in [0.2, 0.25) is 5.02 Å². The van der Waals surface area contributed by atoms with E-state index in [2.05, 4.69) is 11.8 Å². The van der Waals surface area contributed by atoms with Gasteiger partial charge in [-0.15, -0.1) is 23.1 Å². The maximum atomic E-state index is 8.73. The van der Waals surface area contributed by atoms with Crippen LogP contribution in [0.3, 0.4) is 0 Å². The van der Waals surface area contributed by atoms with Crippen LogP contribution in [0.4, 0.5) is 0 Å². The summed E-state index contributed by atoms with van der Waals surface area (Å²) in [5.74, 6) is 6.92. The van der Waals surface area contributed by atoms with E-state index in [1.165, 1.54) is 4.88 Å². The summed E-state index contributed by atoms with van der Waals surface area (Å²) >= 11 is 9.56. The van der Waals surface area contributed by atoms with Gasteiger partial charge in [-0.05, 0) is 23.6 Å². The number of aliphatic hydroxyl groups is 1. The summed E-state index contributed by atoms with van der Waals surface area (Å²) in [6, 6.07) is 9.88. The van der Waals surface area contributed by atoms with E-state index in [0.29, 0.717) is 6.42 Å².